The predicted octanol–water partition coefficient (Wildman–Crippen LogP) is 6.69. The lowest BCUT2D eigenvalue weighted by Crippen LogP contribution is -2.49. The molecule has 3 fully saturated rings. The van der Waals surface area contributed by atoms with Gasteiger partial charge in [0.25, 0.3) is 0 Å². The number of anilines is 1. The zero-order valence-corrected chi connectivity index (χ0v) is 24.6. The summed E-state index contributed by atoms with van der Waals surface area (Å²) in [6.45, 7) is 10.0. The topological polar surface area (TPSA) is 57.3 Å². The first kappa shape index (κ1) is 28.1. The van der Waals surface area contributed by atoms with E-state index in [9.17, 15) is 4.79 Å². The van der Waals surface area contributed by atoms with Crippen LogP contribution in [0, 0.1) is 11.8 Å². The zero-order chi connectivity index (χ0) is 27.2. The Morgan fingerprint density at radius 1 is 1.00 bits per heavy atom. The summed E-state index contributed by atoms with van der Waals surface area (Å²) in [7, 11) is 0. The molecule has 39 heavy (non-hydrogen) atoms. The molecular weight excluding hydrogens is 480 g/mol. The number of pyridine rings is 1. The van der Waals surface area contributed by atoms with Gasteiger partial charge in [-0.1, -0.05) is 75.4 Å². The summed E-state index contributed by atoms with van der Waals surface area (Å²) >= 11 is 0. The van der Waals surface area contributed by atoms with Gasteiger partial charge in [0.15, 0.2) is 0 Å². The molecule has 3 heterocycles. The predicted molar refractivity (Wildman–Crippen MR) is 161 cm³/mol. The normalized spacial score (nSPS) is 25.7. The number of piperidine rings is 1. The number of fused-ring (bicyclic) bond motifs is 2. The van der Waals surface area contributed by atoms with E-state index in [2.05, 4.69) is 78.8 Å². The second-order valence-corrected chi connectivity index (χ2v) is 12.9. The highest BCUT2D eigenvalue weighted by Gasteiger charge is 2.51. The highest BCUT2D eigenvalue weighted by Crippen LogP contribution is 2.46. The highest BCUT2D eigenvalue weighted by molar-refractivity contribution is 5.82. The molecule has 5 heteroatoms. The SMILES string of the molecule is CC(C)Nc1ccc2c(n1)CCC[C@]21CNC[C@H]1C(=O)N1CCC(c2ccccc2)CC1.CC1CCCCC1. The Labute approximate surface area is 236 Å². The zero-order valence-electron chi connectivity index (χ0n) is 24.6. The molecule has 4 aliphatic rings. The monoisotopic (exact) mass is 530 g/mol. The van der Waals surface area contributed by atoms with Crippen LogP contribution in [0.15, 0.2) is 42.5 Å². The van der Waals surface area contributed by atoms with Gasteiger partial charge in [-0.05, 0) is 75.0 Å². The molecule has 1 aromatic heterocycles. The van der Waals surface area contributed by atoms with Gasteiger partial charge >= 0.3 is 0 Å². The molecule has 0 radical (unpaired) electrons. The molecule has 0 unspecified atom stereocenters. The van der Waals surface area contributed by atoms with Crippen LogP contribution in [0.5, 0.6) is 0 Å². The maximum Gasteiger partial charge on any atom is 0.227 e. The average molecular weight is 531 g/mol. The van der Waals surface area contributed by atoms with Crippen LogP contribution < -0.4 is 10.6 Å². The molecule has 2 N–H and O–H groups in total. The number of nitrogens with zero attached hydrogens (tertiary/aromatic N) is 2. The van der Waals surface area contributed by atoms with Crippen LogP contribution >= 0.6 is 0 Å². The third-order valence-electron chi connectivity index (χ3n) is 9.71. The minimum Gasteiger partial charge on any atom is -0.368 e. The minimum absolute atomic E-state index is 0.0144. The molecule has 1 spiro atoms. The van der Waals surface area contributed by atoms with E-state index in [1.807, 2.05) is 0 Å². The van der Waals surface area contributed by atoms with Crippen molar-refractivity contribution >= 4 is 11.7 Å². The third kappa shape index (κ3) is 6.51. The Morgan fingerprint density at radius 2 is 1.74 bits per heavy atom. The van der Waals surface area contributed by atoms with E-state index in [1.165, 1.54) is 48.9 Å². The van der Waals surface area contributed by atoms with E-state index >= 15 is 0 Å². The summed E-state index contributed by atoms with van der Waals surface area (Å²) < 4.78 is 0. The number of carbonyl (C=O) groups is 1. The van der Waals surface area contributed by atoms with Crippen LogP contribution in [0.2, 0.25) is 0 Å². The van der Waals surface area contributed by atoms with Crippen molar-refractivity contribution < 1.29 is 4.79 Å². The number of carbonyl (C=O) groups excluding carboxylic acids is 1. The van der Waals surface area contributed by atoms with Gasteiger partial charge in [0.1, 0.15) is 5.82 Å². The lowest BCUT2D eigenvalue weighted by molar-refractivity contribution is -0.138. The first-order valence-corrected chi connectivity index (χ1v) is 15.8. The number of aromatic nitrogens is 1. The summed E-state index contributed by atoms with van der Waals surface area (Å²) in [5.74, 6) is 2.92. The Hall–Kier alpha value is -2.40. The smallest absolute Gasteiger partial charge is 0.227 e. The molecule has 5 nitrogen and oxygen atoms in total. The van der Waals surface area contributed by atoms with E-state index in [-0.39, 0.29) is 11.3 Å². The van der Waals surface area contributed by atoms with Gasteiger partial charge < -0.3 is 15.5 Å². The standard InChI is InChI=1S/C27H36N4O.C7H14/c1-19(2)29-25-11-10-22-24(30-25)9-6-14-27(22)18-28-17-23(27)26(32)31-15-12-21(13-16-31)20-7-4-3-5-8-20;1-7-5-3-2-4-6-7/h3-5,7-8,10-11,19,21,23,28H,6,9,12-18H2,1-2H3,(H,29,30);7H,2-6H2,1H3/t23-,27-;/m0./s1. The molecule has 0 bridgehead atoms. The fraction of sp³-hybridized carbons (Fsp3) is 0.647. The summed E-state index contributed by atoms with van der Waals surface area (Å²) in [5, 5.41) is 7.02. The second kappa shape index (κ2) is 12.8. The van der Waals surface area contributed by atoms with Gasteiger partial charge in [-0.3, -0.25) is 4.79 Å². The van der Waals surface area contributed by atoms with Gasteiger partial charge in [-0.25, -0.2) is 4.98 Å². The van der Waals surface area contributed by atoms with Gasteiger partial charge in [0.2, 0.25) is 5.91 Å². The Morgan fingerprint density at radius 3 is 2.41 bits per heavy atom. The number of hydrogen-bond acceptors (Lipinski definition) is 4. The molecule has 2 aliphatic heterocycles. The molecule has 1 saturated carbocycles. The third-order valence-corrected chi connectivity index (χ3v) is 9.71. The molecule has 2 aromatic rings. The Bertz CT molecular complexity index is 1070. The van der Waals surface area contributed by atoms with Gasteiger partial charge in [0.05, 0.1) is 5.92 Å². The van der Waals surface area contributed by atoms with Crippen molar-refractivity contribution in [3.63, 3.8) is 0 Å². The van der Waals surface area contributed by atoms with Crippen molar-refractivity contribution in [1.29, 1.82) is 0 Å². The maximum absolute atomic E-state index is 13.8. The fourth-order valence-electron chi connectivity index (χ4n) is 7.54. The molecule has 6 rings (SSSR count). The molecule has 1 amide bonds. The summed E-state index contributed by atoms with van der Waals surface area (Å²) in [6.07, 6.45) is 12.7. The van der Waals surface area contributed by atoms with Crippen molar-refractivity contribution in [3.8, 4) is 0 Å². The van der Waals surface area contributed by atoms with E-state index in [4.69, 9.17) is 4.98 Å². The van der Waals surface area contributed by atoms with Crippen molar-refractivity contribution in [2.75, 3.05) is 31.5 Å². The van der Waals surface area contributed by atoms with Crippen molar-refractivity contribution in [1.82, 2.24) is 15.2 Å². The lowest BCUT2D eigenvalue weighted by Gasteiger charge is -2.42. The maximum atomic E-state index is 13.8. The van der Waals surface area contributed by atoms with E-state index < -0.39 is 0 Å². The quantitative estimate of drug-likeness (QED) is 0.462. The van der Waals surface area contributed by atoms with E-state index in [0.717, 1.165) is 70.0 Å². The van der Waals surface area contributed by atoms with Crippen molar-refractivity contribution in [3.05, 3.63) is 59.3 Å². The van der Waals surface area contributed by atoms with Gasteiger partial charge in [-0.2, -0.15) is 0 Å². The number of nitrogens with one attached hydrogen (secondary N) is 2. The molecule has 2 atom stereocenters. The molecular formula is C34H50N4O. The fourth-order valence-corrected chi connectivity index (χ4v) is 7.54. The molecule has 2 saturated heterocycles. The number of benzene rings is 1. The van der Waals surface area contributed by atoms with Crippen LogP contribution in [-0.4, -0.2) is 48.0 Å². The Kier molecular flexibility index (Phi) is 9.27. The summed E-state index contributed by atoms with van der Waals surface area (Å²) in [4.78, 5) is 20.9. The number of rotatable bonds is 4. The largest absolute Gasteiger partial charge is 0.368 e. The van der Waals surface area contributed by atoms with Crippen LogP contribution in [-0.2, 0) is 16.6 Å². The number of hydrogen-bond donors (Lipinski definition) is 2. The molecule has 212 valence electrons. The van der Waals surface area contributed by atoms with E-state index in [0.29, 0.717) is 17.9 Å². The molecule has 1 aromatic carbocycles. The second-order valence-electron chi connectivity index (χ2n) is 12.9. The summed E-state index contributed by atoms with van der Waals surface area (Å²) in [6, 6.07) is 15.5. The van der Waals surface area contributed by atoms with Gasteiger partial charge in [0, 0.05) is 43.3 Å². The number of likely N-dealkylation sites (tertiary alicyclic amines) is 1. The van der Waals surface area contributed by atoms with Crippen molar-refractivity contribution in [2.45, 2.75) is 102 Å². The summed E-state index contributed by atoms with van der Waals surface area (Å²) in [5.41, 5.74) is 3.80. The van der Waals surface area contributed by atoms with Crippen LogP contribution in [0.4, 0.5) is 5.82 Å². The number of amides is 1. The van der Waals surface area contributed by atoms with Crippen molar-refractivity contribution in [2.24, 2.45) is 11.8 Å². The average Bonchev–Trinajstić information content (AvgIpc) is 3.37. The Balaban J connectivity index is 0.000000384. The minimum atomic E-state index is -0.107. The first-order valence-electron chi connectivity index (χ1n) is 15.8. The van der Waals surface area contributed by atoms with Crippen LogP contribution in [0.25, 0.3) is 0 Å². The molecule has 2 aliphatic carbocycles. The van der Waals surface area contributed by atoms with Crippen LogP contribution in [0.1, 0.15) is 101 Å². The lowest BCUT2D eigenvalue weighted by atomic mass is 9.65. The van der Waals surface area contributed by atoms with Crippen LogP contribution in [0.3, 0.4) is 0 Å². The van der Waals surface area contributed by atoms with E-state index in [1.54, 1.807) is 0 Å². The first-order chi connectivity index (χ1) is 19.0. The number of aryl methyl sites for hydroxylation is 1. The highest BCUT2D eigenvalue weighted by atomic mass is 16.2. The van der Waals surface area contributed by atoms with Gasteiger partial charge in [-0.15, -0.1) is 0 Å².